The first-order chi connectivity index (χ1) is 23.9. The maximum atomic E-state index is 15.5. The van der Waals surface area contributed by atoms with Crippen LogP contribution in [0.3, 0.4) is 0 Å². The van der Waals surface area contributed by atoms with Crippen molar-refractivity contribution >= 4 is 49.3 Å². The van der Waals surface area contributed by atoms with Gasteiger partial charge in [0.25, 0.3) is 0 Å². The molecular formula is C44H48F2IrNO3-. The van der Waals surface area contributed by atoms with Gasteiger partial charge in [-0.15, -0.1) is 17.7 Å². The van der Waals surface area contributed by atoms with Crippen molar-refractivity contribution in [3.63, 3.8) is 0 Å². The summed E-state index contributed by atoms with van der Waals surface area (Å²) in [5.74, 6) is 0.454. The normalized spacial score (nSPS) is 12.0. The van der Waals surface area contributed by atoms with Gasteiger partial charge in [-0.1, -0.05) is 77.6 Å². The van der Waals surface area contributed by atoms with Crippen LogP contribution in [0.25, 0.3) is 54.7 Å². The van der Waals surface area contributed by atoms with E-state index in [-0.39, 0.29) is 55.1 Å². The Morgan fingerprint density at radius 3 is 2.18 bits per heavy atom. The van der Waals surface area contributed by atoms with Crippen molar-refractivity contribution in [1.82, 2.24) is 4.98 Å². The van der Waals surface area contributed by atoms with Gasteiger partial charge in [0.05, 0.1) is 11.3 Å². The number of aromatic nitrogens is 1. The van der Waals surface area contributed by atoms with Gasteiger partial charge in [-0.25, -0.2) is 8.78 Å². The summed E-state index contributed by atoms with van der Waals surface area (Å²) in [5, 5.41) is 13.9. The number of ketones is 1. The Morgan fingerprint density at radius 1 is 0.863 bits per heavy atom. The summed E-state index contributed by atoms with van der Waals surface area (Å²) in [6.45, 7) is 16.0. The summed E-state index contributed by atoms with van der Waals surface area (Å²) in [5.41, 5.74) is 4.65. The molecule has 0 aliphatic heterocycles. The molecule has 0 amide bonds. The topological polar surface area (TPSA) is 63.3 Å². The number of carbonyl (C=O) groups excluding carboxylic acids is 1. The van der Waals surface area contributed by atoms with E-state index in [0.29, 0.717) is 55.4 Å². The van der Waals surface area contributed by atoms with Crippen LogP contribution in [0.5, 0.6) is 0 Å². The van der Waals surface area contributed by atoms with Crippen LogP contribution < -0.4 is 0 Å². The van der Waals surface area contributed by atoms with Crippen molar-refractivity contribution in [1.29, 1.82) is 0 Å². The number of aryl methyl sites for hydroxylation is 2. The number of furan rings is 1. The van der Waals surface area contributed by atoms with Gasteiger partial charge >= 0.3 is 0 Å². The maximum Gasteiger partial charge on any atom is 0.162 e. The summed E-state index contributed by atoms with van der Waals surface area (Å²) >= 11 is 0. The Balaban J connectivity index is 0.000000312. The zero-order valence-electron chi connectivity index (χ0n) is 30.8. The molecule has 7 heteroatoms. The smallest absolute Gasteiger partial charge is 0.162 e. The number of halogens is 2. The molecule has 4 aromatic carbocycles. The van der Waals surface area contributed by atoms with E-state index in [9.17, 15) is 9.90 Å². The molecule has 1 N–H and O–H groups in total. The standard InChI is InChI=1S/C31H24F2NO.C13H24O2.Ir/c1-16(2)11-19-6-7-20-21-9-10-34-30(23(21)15-26(32)22(20)14-19)25-13-17(3)12-24-28-27(35-31(24)25)8-5-18(4)29(28)33;1-5-10(6-2)12(14)9-13(15)11(7-3)8-4;/h5-10,12,14-16H,11H2,1-4H3;9-11,14H,5-8H2,1-4H3;/q-1;;/b;12-9-;. The third-order valence-electron chi connectivity index (χ3n) is 9.79. The molecule has 4 nitrogen and oxygen atoms in total. The zero-order chi connectivity index (χ0) is 36.3. The fourth-order valence-electron chi connectivity index (χ4n) is 6.93. The SMILES string of the molecule is CCC(CC)C(=O)/C=C(\O)C(CC)CC.Cc1[c-]c(-c2nccc3c2cc(F)c2cc(CC(C)C)ccc23)c2oc3ccc(C)c(F)c3c2c1.[Ir]. The first-order valence-electron chi connectivity index (χ1n) is 17.9. The summed E-state index contributed by atoms with van der Waals surface area (Å²) in [6.07, 6.45) is 7.53. The number of aliphatic hydroxyl groups is 1. The van der Waals surface area contributed by atoms with E-state index in [4.69, 9.17) is 4.42 Å². The van der Waals surface area contributed by atoms with Gasteiger partial charge in [0.1, 0.15) is 17.2 Å². The van der Waals surface area contributed by atoms with Gasteiger partial charge in [0.2, 0.25) is 0 Å². The largest absolute Gasteiger partial charge is 0.512 e. The average Bonchev–Trinajstić information content (AvgIpc) is 3.46. The number of pyridine rings is 1. The van der Waals surface area contributed by atoms with E-state index < -0.39 is 0 Å². The third-order valence-corrected chi connectivity index (χ3v) is 9.79. The van der Waals surface area contributed by atoms with Crippen LogP contribution in [0, 0.1) is 49.3 Å². The molecule has 271 valence electrons. The van der Waals surface area contributed by atoms with E-state index in [0.717, 1.165) is 54.0 Å². The molecule has 2 aromatic heterocycles. The predicted octanol–water partition coefficient (Wildman–Crippen LogP) is 12.7. The number of rotatable bonds is 10. The van der Waals surface area contributed by atoms with Crippen LogP contribution in [0.2, 0.25) is 0 Å². The number of aliphatic hydroxyl groups excluding tert-OH is 1. The summed E-state index contributed by atoms with van der Waals surface area (Å²) in [6, 6.07) is 18.2. The van der Waals surface area contributed by atoms with Crippen LogP contribution in [0.1, 0.15) is 83.9 Å². The zero-order valence-corrected chi connectivity index (χ0v) is 33.2. The molecule has 0 saturated heterocycles. The van der Waals surface area contributed by atoms with E-state index in [1.165, 1.54) is 6.08 Å². The second-order valence-electron chi connectivity index (χ2n) is 13.8. The Bertz CT molecular complexity index is 2210. The molecule has 51 heavy (non-hydrogen) atoms. The van der Waals surface area contributed by atoms with E-state index in [1.54, 1.807) is 31.3 Å². The Morgan fingerprint density at radius 2 is 1.53 bits per heavy atom. The van der Waals surface area contributed by atoms with Gasteiger partial charge in [-0.2, -0.15) is 0 Å². The van der Waals surface area contributed by atoms with Crippen molar-refractivity contribution in [2.24, 2.45) is 17.8 Å². The summed E-state index contributed by atoms with van der Waals surface area (Å²) in [4.78, 5) is 16.3. The van der Waals surface area contributed by atoms with Crippen LogP contribution in [0.4, 0.5) is 8.78 Å². The molecule has 0 aliphatic carbocycles. The second-order valence-corrected chi connectivity index (χ2v) is 13.8. The Labute approximate surface area is 313 Å². The fourth-order valence-corrected chi connectivity index (χ4v) is 6.93. The van der Waals surface area contributed by atoms with Gasteiger partial charge in [0, 0.05) is 55.0 Å². The summed E-state index contributed by atoms with van der Waals surface area (Å²) in [7, 11) is 0. The first kappa shape index (κ1) is 39.8. The quantitative estimate of drug-likeness (QED) is 0.0645. The molecule has 1 radical (unpaired) electrons. The van der Waals surface area contributed by atoms with Crippen molar-refractivity contribution in [3.05, 3.63) is 101 Å². The van der Waals surface area contributed by atoms with Crippen LogP contribution in [0.15, 0.2) is 71.0 Å². The predicted molar refractivity (Wildman–Crippen MR) is 203 cm³/mol. The van der Waals surface area contributed by atoms with E-state index >= 15 is 8.78 Å². The maximum absolute atomic E-state index is 15.5. The number of hydrogen-bond acceptors (Lipinski definition) is 4. The molecular weight excluding hydrogens is 821 g/mol. The monoisotopic (exact) mass is 869 g/mol. The molecule has 0 bridgehead atoms. The third kappa shape index (κ3) is 8.26. The van der Waals surface area contributed by atoms with Crippen LogP contribution in [-0.2, 0) is 31.3 Å². The molecule has 0 atom stereocenters. The van der Waals surface area contributed by atoms with Gasteiger partial charge in [-0.3, -0.25) is 4.79 Å². The molecule has 0 unspecified atom stereocenters. The van der Waals surface area contributed by atoms with Crippen LogP contribution in [-0.4, -0.2) is 15.9 Å². The minimum absolute atomic E-state index is 0. The fraction of sp³-hybridized carbons (Fsp3) is 0.364. The van der Waals surface area contributed by atoms with Gasteiger partial charge in [0.15, 0.2) is 5.78 Å². The Kier molecular flexibility index (Phi) is 13.3. The number of benzene rings is 4. The van der Waals surface area contributed by atoms with Crippen molar-refractivity contribution in [2.75, 3.05) is 0 Å². The number of nitrogens with zero attached hydrogens (tertiary/aromatic N) is 1. The first-order valence-corrected chi connectivity index (χ1v) is 17.9. The molecule has 0 spiro atoms. The van der Waals surface area contributed by atoms with Crippen molar-refractivity contribution < 1.29 is 43.2 Å². The number of fused-ring (bicyclic) bond motifs is 6. The molecule has 0 fully saturated rings. The van der Waals surface area contributed by atoms with Crippen LogP contribution >= 0.6 is 0 Å². The van der Waals surface area contributed by atoms with Gasteiger partial charge < -0.3 is 14.5 Å². The average molecular weight is 869 g/mol. The number of hydrogen-bond donors (Lipinski definition) is 1. The minimum atomic E-state index is -0.294. The minimum Gasteiger partial charge on any atom is -0.512 e. The van der Waals surface area contributed by atoms with Crippen molar-refractivity contribution in [2.45, 2.75) is 87.5 Å². The molecule has 6 aromatic rings. The summed E-state index contributed by atoms with van der Waals surface area (Å²) < 4.78 is 36.7. The van der Waals surface area contributed by atoms with E-state index in [2.05, 4.69) is 31.0 Å². The molecule has 0 aliphatic rings. The molecule has 6 rings (SSSR count). The second kappa shape index (κ2) is 17.1. The Hall–Kier alpha value is -3.93. The van der Waals surface area contributed by atoms with E-state index in [1.807, 2.05) is 58.9 Å². The molecule has 2 heterocycles. The van der Waals surface area contributed by atoms with Gasteiger partial charge in [-0.05, 0) is 102 Å². The number of allylic oxidation sites excluding steroid dienone is 2. The van der Waals surface area contributed by atoms with Crippen molar-refractivity contribution in [3.8, 4) is 11.3 Å². The number of carbonyl (C=O) groups is 1. The molecule has 0 saturated carbocycles.